The summed E-state index contributed by atoms with van der Waals surface area (Å²) in [5, 5.41) is 32.7. The van der Waals surface area contributed by atoms with Crippen LogP contribution in [0.25, 0.3) is 11.2 Å². The minimum Gasteiger partial charge on any atom is -0.399 e. The van der Waals surface area contributed by atoms with Gasteiger partial charge in [0.1, 0.15) is 23.8 Å². The van der Waals surface area contributed by atoms with Gasteiger partial charge in [-0.15, -0.1) is 0 Å². The van der Waals surface area contributed by atoms with Crippen LogP contribution in [0.5, 0.6) is 0 Å². The first-order valence-corrected chi connectivity index (χ1v) is 9.18. The standard InChI is InChI=1S/C18H23N7O4/c19-10-3-1-9(2-4-10)5-6-21-18-23-15(20)12-16(24-18)25(8-22-12)17-14(28)13(27)11(7-26)29-17/h1-4,8,11,13-14,17,26-28H,5-7,19H2,(H3,20,21,23,24)/t11-,13-,14-,17-/m1/s1. The van der Waals surface area contributed by atoms with E-state index in [1.54, 1.807) is 0 Å². The molecule has 0 radical (unpaired) electrons. The molecule has 1 aliphatic heterocycles. The van der Waals surface area contributed by atoms with Gasteiger partial charge in [-0.05, 0) is 24.1 Å². The lowest BCUT2D eigenvalue weighted by molar-refractivity contribution is -0.0511. The van der Waals surface area contributed by atoms with Gasteiger partial charge in [-0.1, -0.05) is 12.1 Å². The molecule has 1 aromatic carbocycles. The van der Waals surface area contributed by atoms with Crippen molar-refractivity contribution in [1.82, 2.24) is 19.5 Å². The molecule has 29 heavy (non-hydrogen) atoms. The zero-order valence-electron chi connectivity index (χ0n) is 15.5. The molecule has 154 valence electrons. The number of nitrogens with two attached hydrogens (primary N) is 2. The summed E-state index contributed by atoms with van der Waals surface area (Å²) in [7, 11) is 0. The molecule has 8 N–H and O–H groups in total. The van der Waals surface area contributed by atoms with Gasteiger partial charge in [0.15, 0.2) is 17.7 Å². The third kappa shape index (κ3) is 3.68. The third-order valence-electron chi connectivity index (χ3n) is 4.92. The van der Waals surface area contributed by atoms with Crippen molar-refractivity contribution in [2.24, 2.45) is 0 Å². The van der Waals surface area contributed by atoms with Gasteiger partial charge in [0.25, 0.3) is 0 Å². The van der Waals surface area contributed by atoms with Crippen molar-refractivity contribution in [3.63, 3.8) is 0 Å². The average molecular weight is 401 g/mol. The van der Waals surface area contributed by atoms with Crippen LogP contribution >= 0.6 is 0 Å². The van der Waals surface area contributed by atoms with E-state index in [0.717, 1.165) is 12.0 Å². The maximum atomic E-state index is 10.3. The Morgan fingerprint density at radius 2 is 1.86 bits per heavy atom. The second kappa shape index (κ2) is 7.79. The molecule has 3 aromatic rings. The summed E-state index contributed by atoms with van der Waals surface area (Å²) in [6.45, 7) is 0.146. The van der Waals surface area contributed by atoms with E-state index in [1.807, 2.05) is 24.3 Å². The molecule has 0 unspecified atom stereocenters. The van der Waals surface area contributed by atoms with E-state index in [2.05, 4.69) is 20.3 Å². The molecule has 0 saturated carbocycles. The lowest BCUT2D eigenvalue weighted by Crippen LogP contribution is -2.33. The number of fused-ring (bicyclic) bond motifs is 1. The number of anilines is 3. The number of benzene rings is 1. The predicted octanol–water partition coefficient (Wildman–Crippen LogP) is -0.743. The van der Waals surface area contributed by atoms with E-state index in [-0.39, 0.29) is 5.82 Å². The van der Waals surface area contributed by atoms with Crippen molar-refractivity contribution in [2.45, 2.75) is 31.0 Å². The third-order valence-corrected chi connectivity index (χ3v) is 4.92. The summed E-state index contributed by atoms with van der Waals surface area (Å²) >= 11 is 0. The van der Waals surface area contributed by atoms with Crippen molar-refractivity contribution < 1.29 is 20.1 Å². The fourth-order valence-electron chi connectivity index (χ4n) is 3.32. The summed E-state index contributed by atoms with van der Waals surface area (Å²) in [5.74, 6) is 0.481. The average Bonchev–Trinajstić information content (AvgIpc) is 3.25. The predicted molar refractivity (Wildman–Crippen MR) is 106 cm³/mol. The van der Waals surface area contributed by atoms with Gasteiger partial charge in [-0.3, -0.25) is 4.57 Å². The second-order valence-corrected chi connectivity index (χ2v) is 6.90. The number of nitrogens with zero attached hydrogens (tertiary/aromatic N) is 4. The van der Waals surface area contributed by atoms with Crippen LogP contribution in [0.2, 0.25) is 0 Å². The molecule has 11 nitrogen and oxygen atoms in total. The smallest absolute Gasteiger partial charge is 0.226 e. The Morgan fingerprint density at radius 1 is 1.10 bits per heavy atom. The highest BCUT2D eigenvalue weighted by atomic mass is 16.6. The summed E-state index contributed by atoms with van der Waals surface area (Å²) < 4.78 is 7.03. The number of hydrogen-bond acceptors (Lipinski definition) is 10. The summed E-state index contributed by atoms with van der Waals surface area (Å²) in [6, 6.07) is 7.59. The van der Waals surface area contributed by atoms with Crippen LogP contribution < -0.4 is 16.8 Å². The molecular formula is C18H23N7O4. The second-order valence-electron chi connectivity index (χ2n) is 6.90. The van der Waals surface area contributed by atoms with Crippen LogP contribution in [0.3, 0.4) is 0 Å². The van der Waals surface area contributed by atoms with Crippen molar-refractivity contribution in [2.75, 3.05) is 29.9 Å². The van der Waals surface area contributed by atoms with E-state index in [4.69, 9.17) is 16.2 Å². The van der Waals surface area contributed by atoms with E-state index in [0.29, 0.717) is 29.3 Å². The van der Waals surface area contributed by atoms with Gasteiger partial charge >= 0.3 is 0 Å². The van der Waals surface area contributed by atoms with Crippen molar-refractivity contribution in [3.8, 4) is 0 Å². The maximum Gasteiger partial charge on any atom is 0.226 e. The van der Waals surface area contributed by atoms with Crippen LogP contribution in [0.4, 0.5) is 17.5 Å². The lowest BCUT2D eigenvalue weighted by atomic mass is 10.1. The summed E-state index contributed by atoms with van der Waals surface area (Å²) in [4.78, 5) is 12.8. The first-order chi connectivity index (χ1) is 14.0. The van der Waals surface area contributed by atoms with Crippen LogP contribution in [0.1, 0.15) is 11.8 Å². The lowest BCUT2D eigenvalue weighted by Gasteiger charge is -2.16. The number of aromatic nitrogens is 4. The number of aliphatic hydroxyl groups is 3. The SMILES string of the molecule is Nc1ccc(CCNc2nc(N)c3ncn([C@@H]4O[C@H](CO)[C@@H](O)[C@H]4O)c3n2)cc1. The molecule has 0 bridgehead atoms. The number of ether oxygens (including phenoxy) is 1. The molecule has 11 heteroatoms. The highest BCUT2D eigenvalue weighted by molar-refractivity contribution is 5.83. The number of aliphatic hydroxyl groups excluding tert-OH is 3. The Hall–Kier alpha value is -2.99. The molecule has 3 heterocycles. The van der Waals surface area contributed by atoms with E-state index < -0.39 is 31.1 Å². The van der Waals surface area contributed by atoms with Gasteiger partial charge in [0, 0.05) is 12.2 Å². The van der Waals surface area contributed by atoms with Crippen molar-refractivity contribution >= 4 is 28.6 Å². The van der Waals surface area contributed by atoms with Gasteiger partial charge < -0.3 is 36.8 Å². The molecule has 1 aliphatic rings. The van der Waals surface area contributed by atoms with Crippen LogP contribution in [0, 0.1) is 0 Å². The van der Waals surface area contributed by atoms with Crippen LogP contribution in [-0.4, -0.2) is 66.3 Å². The number of hydrogen-bond donors (Lipinski definition) is 6. The van der Waals surface area contributed by atoms with Gasteiger partial charge in [-0.25, -0.2) is 4.98 Å². The molecule has 4 rings (SSSR count). The van der Waals surface area contributed by atoms with Gasteiger partial charge in [0.05, 0.1) is 12.9 Å². The Labute approximate surface area is 166 Å². The number of imidazole rings is 1. The zero-order valence-corrected chi connectivity index (χ0v) is 15.5. The highest BCUT2D eigenvalue weighted by Gasteiger charge is 2.44. The molecule has 0 spiro atoms. The molecule has 0 amide bonds. The Balaban J connectivity index is 1.54. The van der Waals surface area contributed by atoms with Crippen LogP contribution in [0.15, 0.2) is 30.6 Å². The highest BCUT2D eigenvalue weighted by Crippen LogP contribution is 2.32. The molecule has 1 fully saturated rings. The molecule has 1 saturated heterocycles. The Bertz CT molecular complexity index is 994. The monoisotopic (exact) mass is 401 g/mol. The van der Waals surface area contributed by atoms with Crippen LogP contribution in [-0.2, 0) is 11.2 Å². The van der Waals surface area contributed by atoms with Crippen molar-refractivity contribution in [1.29, 1.82) is 0 Å². The van der Waals surface area contributed by atoms with Gasteiger partial charge in [-0.2, -0.15) is 9.97 Å². The quantitative estimate of drug-likeness (QED) is 0.288. The molecule has 2 aromatic heterocycles. The van der Waals surface area contributed by atoms with Gasteiger partial charge in [0.2, 0.25) is 5.95 Å². The maximum absolute atomic E-state index is 10.3. The summed E-state index contributed by atoms with van der Waals surface area (Å²) in [5.41, 5.74) is 14.2. The summed E-state index contributed by atoms with van der Waals surface area (Å²) in [6.07, 6.45) is -2.18. The Morgan fingerprint density at radius 3 is 2.55 bits per heavy atom. The largest absolute Gasteiger partial charge is 0.399 e. The number of rotatable bonds is 6. The number of nitrogens with one attached hydrogen (secondary N) is 1. The van der Waals surface area contributed by atoms with E-state index in [9.17, 15) is 15.3 Å². The molecule has 0 aliphatic carbocycles. The molecular weight excluding hydrogens is 378 g/mol. The fourth-order valence-corrected chi connectivity index (χ4v) is 3.32. The minimum absolute atomic E-state index is 0.176. The first kappa shape index (κ1) is 19.3. The minimum atomic E-state index is -1.25. The van der Waals surface area contributed by atoms with E-state index in [1.165, 1.54) is 10.9 Å². The first-order valence-electron chi connectivity index (χ1n) is 9.18. The number of nitrogen functional groups attached to an aromatic ring is 2. The van der Waals surface area contributed by atoms with E-state index >= 15 is 0 Å². The molecule has 4 atom stereocenters. The van der Waals surface area contributed by atoms with Crippen molar-refractivity contribution in [3.05, 3.63) is 36.2 Å². The fraction of sp³-hybridized carbons (Fsp3) is 0.389. The Kier molecular flexibility index (Phi) is 5.20. The normalized spacial score (nSPS) is 24.2. The topological polar surface area (TPSA) is 178 Å². The zero-order chi connectivity index (χ0) is 20.5.